The van der Waals surface area contributed by atoms with E-state index in [1.54, 1.807) is 7.11 Å². The molecule has 0 aliphatic heterocycles. The summed E-state index contributed by atoms with van der Waals surface area (Å²) >= 11 is 0. The molecule has 2 aromatic rings. The number of rotatable bonds is 9. The van der Waals surface area contributed by atoms with E-state index < -0.39 is 12.0 Å². The summed E-state index contributed by atoms with van der Waals surface area (Å²) in [6.07, 6.45) is 0. The van der Waals surface area contributed by atoms with Gasteiger partial charge in [-0.1, -0.05) is 55.8 Å². The van der Waals surface area contributed by atoms with E-state index in [-0.39, 0.29) is 5.92 Å². The second-order valence-electron chi connectivity index (χ2n) is 6.66. The third kappa shape index (κ3) is 5.23. The summed E-state index contributed by atoms with van der Waals surface area (Å²) in [5, 5.41) is 12.4. The fraction of sp³-hybridized carbons (Fsp3) is 0.381. The predicted octanol–water partition coefficient (Wildman–Crippen LogP) is 3.78. The van der Waals surface area contributed by atoms with Crippen LogP contribution in [-0.2, 0) is 17.9 Å². The van der Waals surface area contributed by atoms with Crippen molar-refractivity contribution in [1.29, 1.82) is 0 Å². The Morgan fingerprint density at radius 2 is 1.85 bits per heavy atom. The molecule has 0 aliphatic rings. The van der Waals surface area contributed by atoms with Crippen molar-refractivity contribution in [3.63, 3.8) is 0 Å². The molecule has 140 valence electrons. The highest BCUT2D eigenvalue weighted by atomic mass is 16.5. The van der Waals surface area contributed by atoms with E-state index in [0.29, 0.717) is 24.7 Å². The van der Waals surface area contributed by atoms with Gasteiger partial charge in [-0.05, 0) is 24.5 Å². The van der Waals surface area contributed by atoms with Gasteiger partial charge < -0.3 is 14.6 Å². The average Bonchev–Trinajstić information content (AvgIpc) is 2.61. The smallest absolute Gasteiger partial charge is 0.320 e. The first-order chi connectivity index (χ1) is 12.4. The second kappa shape index (κ2) is 9.25. The summed E-state index contributed by atoms with van der Waals surface area (Å²) in [5.41, 5.74) is 3.12. The summed E-state index contributed by atoms with van der Waals surface area (Å²) in [4.78, 5) is 11.4. The number of nitrogens with one attached hydrogen (secondary N) is 1. The standard InChI is InChI=1S/C21H27NO4/c1-14(2)19(21(23)24)22-12-17-6-5-7-18(25-4)20(17)26-13-16-10-8-15(3)9-11-16/h5-11,14,19,22H,12-13H2,1-4H3,(H,23,24). The van der Waals surface area contributed by atoms with Crippen molar-refractivity contribution in [3.8, 4) is 11.5 Å². The van der Waals surface area contributed by atoms with E-state index in [1.165, 1.54) is 5.56 Å². The molecule has 0 heterocycles. The third-order valence-electron chi connectivity index (χ3n) is 4.23. The molecule has 0 aromatic heterocycles. The molecule has 5 nitrogen and oxygen atoms in total. The monoisotopic (exact) mass is 357 g/mol. The molecule has 1 unspecified atom stereocenters. The highest BCUT2D eigenvalue weighted by Gasteiger charge is 2.21. The van der Waals surface area contributed by atoms with Crippen LogP contribution < -0.4 is 14.8 Å². The Kier molecular flexibility index (Phi) is 7.04. The molecule has 0 aliphatic carbocycles. The van der Waals surface area contributed by atoms with E-state index in [4.69, 9.17) is 9.47 Å². The van der Waals surface area contributed by atoms with E-state index in [1.807, 2.05) is 63.2 Å². The van der Waals surface area contributed by atoms with Gasteiger partial charge in [0.2, 0.25) is 0 Å². The van der Waals surface area contributed by atoms with Gasteiger partial charge in [0.15, 0.2) is 11.5 Å². The first kappa shape index (κ1) is 19.8. The second-order valence-corrected chi connectivity index (χ2v) is 6.66. The lowest BCUT2D eigenvalue weighted by Gasteiger charge is -2.20. The first-order valence-corrected chi connectivity index (χ1v) is 8.72. The van der Waals surface area contributed by atoms with Crippen LogP contribution in [0.25, 0.3) is 0 Å². The number of methoxy groups -OCH3 is 1. The summed E-state index contributed by atoms with van der Waals surface area (Å²) in [6, 6.07) is 13.2. The molecule has 2 rings (SSSR count). The molecule has 0 saturated carbocycles. The van der Waals surface area contributed by atoms with Crippen LogP contribution in [0.15, 0.2) is 42.5 Å². The Labute approximate surface area is 155 Å². The minimum atomic E-state index is -0.856. The lowest BCUT2D eigenvalue weighted by atomic mass is 10.0. The molecule has 0 bridgehead atoms. The minimum absolute atomic E-state index is 0.0185. The number of carboxylic acid groups (broad SMARTS) is 1. The SMILES string of the molecule is COc1cccc(CNC(C(=O)O)C(C)C)c1OCc1ccc(C)cc1. The van der Waals surface area contributed by atoms with Gasteiger partial charge in [-0.25, -0.2) is 0 Å². The van der Waals surface area contributed by atoms with Crippen molar-refractivity contribution in [2.45, 2.75) is 40.0 Å². The van der Waals surface area contributed by atoms with E-state index in [2.05, 4.69) is 5.32 Å². The highest BCUT2D eigenvalue weighted by Crippen LogP contribution is 2.32. The zero-order valence-electron chi connectivity index (χ0n) is 15.8. The zero-order chi connectivity index (χ0) is 19.1. The Bertz CT molecular complexity index is 725. The lowest BCUT2D eigenvalue weighted by molar-refractivity contribution is -0.140. The molecule has 2 N–H and O–H groups in total. The average molecular weight is 357 g/mol. The maximum atomic E-state index is 11.4. The molecule has 26 heavy (non-hydrogen) atoms. The Morgan fingerprint density at radius 3 is 2.42 bits per heavy atom. The Morgan fingerprint density at radius 1 is 1.15 bits per heavy atom. The van der Waals surface area contributed by atoms with Crippen LogP contribution in [0.2, 0.25) is 0 Å². The number of carboxylic acids is 1. The minimum Gasteiger partial charge on any atom is -0.493 e. The Balaban J connectivity index is 2.16. The van der Waals surface area contributed by atoms with Crippen LogP contribution in [0, 0.1) is 12.8 Å². The van der Waals surface area contributed by atoms with Gasteiger partial charge in [0.1, 0.15) is 12.6 Å². The predicted molar refractivity (Wildman–Crippen MR) is 102 cm³/mol. The topological polar surface area (TPSA) is 67.8 Å². The van der Waals surface area contributed by atoms with Gasteiger partial charge >= 0.3 is 5.97 Å². The molecule has 1 atom stereocenters. The Hall–Kier alpha value is -2.53. The molecule has 5 heteroatoms. The third-order valence-corrected chi connectivity index (χ3v) is 4.23. The van der Waals surface area contributed by atoms with Crippen molar-refractivity contribution in [2.24, 2.45) is 5.92 Å². The largest absolute Gasteiger partial charge is 0.493 e. The molecular formula is C21H27NO4. The molecule has 0 fully saturated rings. The van der Waals surface area contributed by atoms with E-state index in [9.17, 15) is 9.90 Å². The summed E-state index contributed by atoms with van der Waals surface area (Å²) in [7, 11) is 1.60. The van der Waals surface area contributed by atoms with Gasteiger partial charge in [-0.2, -0.15) is 0 Å². The number of aryl methyl sites for hydroxylation is 1. The fourth-order valence-corrected chi connectivity index (χ4v) is 2.69. The maximum absolute atomic E-state index is 11.4. The summed E-state index contributed by atoms with van der Waals surface area (Å²) in [5.74, 6) is 0.392. The normalized spacial score (nSPS) is 12.0. The van der Waals surface area contributed by atoms with Gasteiger partial charge in [-0.15, -0.1) is 0 Å². The molecule has 0 radical (unpaired) electrons. The van der Waals surface area contributed by atoms with E-state index in [0.717, 1.165) is 11.1 Å². The first-order valence-electron chi connectivity index (χ1n) is 8.72. The number of carbonyl (C=O) groups is 1. The molecule has 0 saturated heterocycles. The van der Waals surface area contributed by atoms with Crippen LogP contribution in [0.1, 0.15) is 30.5 Å². The van der Waals surface area contributed by atoms with Gasteiger partial charge in [0, 0.05) is 12.1 Å². The number of benzene rings is 2. The lowest BCUT2D eigenvalue weighted by Crippen LogP contribution is -2.40. The van der Waals surface area contributed by atoms with Crippen LogP contribution in [-0.4, -0.2) is 24.2 Å². The number of ether oxygens (including phenoxy) is 2. The number of hydrogen-bond donors (Lipinski definition) is 2. The fourth-order valence-electron chi connectivity index (χ4n) is 2.69. The summed E-state index contributed by atoms with van der Waals surface area (Å²) < 4.78 is 11.5. The van der Waals surface area contributed by atoms with Gasteiger partial charge in [0.05, 0.1) is 7.11 Å². The zero-order valence-corrected chi connectivity index (χ0v) is 15.8. The number of aliphatic carboxylic acids is 1. The maximum Gasteiger partial charge on any atom is 0.320 e. The van der Waals surface area contributed by atoms with Crippen LogP contribution in [0.5, 0.6) is 11.5 Å². The van der Waals surface area contributed by atoms with Crippen molar-refractivity contribution in [3.05, 3.63) is 59.2 Å². The highest BCUT2D eigenvalue weighted by molar-refractivity contribution is 5.73. The van der Waals surface area contributed by atoms with Crippen LogP contribution in [0.3, 0.4) is 0 Å². The summed E-state index contributed by atoms with van der Waals surface area (Å²) in [6.45, 7) is 6.61. The molecule has 2 aromatic carbocycles. The number of para-hydroxylation sites is 1. The van der Waals surface area contributed by atoms with Crippen LogP contribution in [0.4, 0.5) is 0 Å². The van der Waals surface area contributed by atoms with Crippen LogP contribution >= 0.6 is 0 Å². The molecule has 0 spiro atoms. The quantitative estimate of drug-likeness (QED) is 0.715. The molecular weight excluding hydrogens is 330 g/mol. The van der Waals surface area contributed by atoms with Gasteiger partial charge in [0.25, 0.3) is 0 Å². The van der Waals surface area contributed by atoms with E-state index >= 15 is 0 Å². The van der Waals surface area contributed by atoms with Crippen molar-refractivity contribution in [1.82, 2.24) is 5.32 Å². The van der Waals surface area contributed by atoms with Gasteiger partial charge in [-0.3, -0.25) is 10.1 Å². The van der Waals surface area contributed by atoms with Crippen molar-refractivity contribution in [2.75, 3.05) is 7.11 Å². The van der Waals surface area contributed by atoms with Crippen molar-refractivity contribution < 1.29 is 19.4 Å². The van der Waals surface area contributed by atoms with Crippen molar-refractivity contribution >= 4 is 5.97 Å². The molecule has 0 amide bonds. The number of hydrogen-bond acceptors (Lipinski definition) is 4.